The number of aliphatic imine (C=N–C) groups is 1. The number of piperidine rings is 1. The Labute approximate surface area is 360 Å². The molecule has 2 aromatic carbocycles. The first-order valence-corrected chi connectivity index (χ1v) is 21.2. The van der Waals surface area contributed by atoms with Crippen LogP contribution >= 0.6 is 22.9 Å². The van der Waals surface area contributed by atoms with E-state index in [1.54, 1.807) is 23.5 Å². The average Bonchev–Trinajstić information content (AvgIpc) is 3.82. The van der Waals surface area contributed by atoms with Gasteiger partial charge in [0, 0.05) is 47.0 Å². The first-order valence-electron chi connectivity index (χ1n) is 20.0. The van der Waals surface area contributed by atoms with Crippen molar-refractivity contribution < 1.29 is 33.6 Å². The van der Waals surface area contributed by atoms with E-state index in [0.29, 0.717) is 48.0 Å². The van der Waals surface area contributed by atoms with Gasteiger partial charge in [0.15, 0.2) is 5.82 Å². The van der Waals surface area contributed by atoms with Gasteiger partial charge in [-0.2, -0.15) is 0 Å². The molecule has 0 spiro atoms. The number of fused-ring (bicyclic) bond motifs is 4. The molecular weight excluding hydrogens is 824 g/mol. The number of benzene rings is 2. The Bertz CT molecular complexity index is 2480. The van der Waals surface area contributed by atoms with Crippen molar-refractivity contribution in [2.45, 2.75) is 84.3 Å². The number of aromatic nitrogens is 3. The number of hydrogen-bond acceptors (Lipinski definition) is 12. The molecule has 17 nitrogen and oxygen atoms in total. The minimum atomic E-state index is -1.24. The summed E-state index contributed by atoms with van der Waals surface area (Å²) in [6.45, 7) is 5.64. The zero-order valence-electron chi connectivity index (χ0n) is 33.9. The average molecular weight is 869 g/mol. The first kappa shape index (κ1) is 43.0. The second-order valence-corrected chi connectivity index (χ2v) is 16.7. The van der Waals surface area contributed by atoms with Crippen LogP contribution in [0.4, 0.5) is 0 Å². The summed E-state index contributed by atoms with van der Waals surface area (Å²) in [5, 5.41) is 18.6. The molecule has 5 heterocycles. The Morgan fingerprint density at radius 2 is 1.66 bits per heavy atom. The third-order valence-electron chi connectivity index (χ3n) is 11.1. The lowest BCUT2D eigenvalue weighted by Crippen LogP contribution is -2.58. The molecule has 1 fully saturated rings. The number of thiophene rings is 1. The quantitative estimate of drug-likeness (QED) is 0.101. The predicted molar refractivity (Wildman–Crippen MR) is 225 cm³/mol. The summed E-state index contributed by atoms with van der Waals surface area (Å²) in [5.74, 6) is -2.43. The monoisotopic (exact) mass is 868 g/mol. The number of nitrogens with one attached hydrogen (secondary N) is 3. The van der Waals surface area contributed by atoms with Crippen molar-refractivity contribution in [3.63, 3.8) is 0 Å². The van der Waals surface area contributed by atoms with Gasteiger partial charge in [-0.05, 0) is 69.4 Å². The largest absolute Gasteiger partial charge is 0.356 e. The van der Waals surface area contributed by atoms with Crippen LogP contribution in [0.2, 0.25) is 5.02 Å². The zero-order valence-corrected chi connectivity index (χ0v) is 35.5. The molecule has 0 bridgehead atoms. The summed E-state index contributed by atoms with van der Waals surface area (Å²) < 4.78 is 2.00. The van der Waals surface area contributed by atoms with Crippen LogP contribution in [0.5, 0.6) is 0 Å². The Morgan fingerprint density at radius 1 is 0.885 bits per heavy atom. The third kappa shape index (κ3) is 8.73. The minimum absolute atomic E-state index is 0.0252. The number of halogens is 1. The van der Waals surface area contributed by atoms with Crippen LogP contribution in [0.15, 0.2) is 47.5 Å². The molecule has 61 heavy (non-hydrogen) atoms. The van der Waals surface area contributed by atoms with E-state index < -0.39 is 48.3 Å². The lowest BCUT2D eigenvalue weighted by molar-refractivity contribution is -0.152. The Balaban J connectivity index is 0.898. The maximum absolute atomic E-state index is 13.7. The summed E-state index contributed by atoms with van der Waals surface area (Å²) in [7, 11) is 0. The number of likely N-dealkylation sites (tertiary alicyclic amines) is 1. The van der Waals surface area contributed by atoms with Crippen LogP contribution in [0.1, 0.15) is 110 Å². The van der Waals surface area contributed by atoms with Crippen molar-refractivity contribution in [1.82, 2.24) is 40.5 Å². The molecule has 4 aromatic rings. The van der Waals surface area contributed by atoms with E-state index in [-0.39, 0.29) is 61.7 Å². The van der Waals surface area contributed by atoms with E-state index in [0.717, 1.165) is 42.1 Å². The van der Waals surface area contributed by atoms with Gasteiger partial charge in [0.05, 0.1) is 29.8 Å². The smallest absolute Gasteiger partial charge is 0.262 e. The van der Waals surface area contributed by atoms with Gasteiger partial charge in [-0.1, -0.05) is 42.3 Å². The highest BCUT2D eigenvalue weighted by molar-refractivity contribution is 7.15. The summed E-state index contributed by atoms with van der Waals surface area (Å²) in [6.07, 6.45) is 1.94. The van der Waals surface area contributed by atoms with Crippen molar-refractivity contribution in [3.8, 4) is 5.00 Å². The van der Waals surface area contributed by atoms with Crippen LogP contribution in [0.3, 0.4) is 0 Å². The number of carbonyl (C=O) groups excluding carboxylic acids is 7. The predicted octanol–water partition coefficient (Wildman–Crippen LogP) is 3.33. The van der Waals surface area contributed by atoms with Gasteiger partial charge >= 0.3 is 0 Å². The summed E-state index contributed by atoms with van der Waals surface area (Å²) in [6, 6.07) is 10.4. The van der Waals surface area contributed by atoms with E-state index >= 15 is 0 Å². The lowest BCUT2D eigenvalue weighted by atomic mass is 9.99. The van der Waals surface area contributed by atoms with Crippen molar-refractivity contribution in [3.05, 3.63) is 97.4 Å². The summed E-state index contributed by atoms with van der Waals surface area (Å²) in [5.41, 5.74) is 9.63. The number of unbranched alkanes of at least 4 members (excludes halogenated alkanes) is 2. The summed E-state index contributed by atoms with van der Waals surface area (Å²) in [4.78, 5) is 98.7. The zero-order chi connectivity index (χ0) is 43.5. The summed E-state index contributed by atoms with van der Waals surface area (Å²) >= 11 is 7.86. The molecular formula is C42H45ClN10O7S. The highest BCUT2D eigenvalue weighted by Gasteiger charge is 2.47. The van der Waals surface area contributed by atoms with Gasteiger partial charge in [0.2, 0.25) is 23.6 Å². The minimum Gasteiger partial charge on any atom is -0.356 e. The molecule has 7 rings (SSSR count). The maximum Gasteiger partial charge on any atom is 0.262 e. The number of nitrogens with zero attached hydrogens (tertiary/aromatic N) is 6. The highest BCUT2D eigenvalue weighted by Crippen LogP contribution is 2.40. The molecule has 2 aromatic heterocycles. The van der Waals surface area contributed by atoms with E-state index in [4.69, 9.17) is 22.3 Å². The van der Waals surface area contributed by atoms with Crippen LogP contribution < -0.4 is 21.7 Å². The molecule has 0 radical (unpaired) electrons. The molecule has 318 valence electrons. The number of carbonyl (C=O) groups is 7. The molecule has 0 aliphatic carbocycles. The molecule has 7 amide bonds. The van der Waals surface area contributed by atoms with Crippen LogP contribution in [0.25, 0.3) is 5.00 Å². The molecule has 1 unspecified atom stereocenters. The molecule has 2 atom stereocenters. The van der Waals surface area contributed by atoms with Crippen LogP contribution in [0, 0.1) is 20.8 Å². The third-order valence-corrected chi connectivity index (χ3v) is 12.5. The molecule has 3 aliphatic heterocycles. The van der Waals surface area contributed by atoms with Gasteiger partial charge in [0.1, 0.15) is 29.6 Å². The number of nitrogens with two attached hydrogens (primary N) is 1. The number of amides is 7. The van der Waals surface area contributed by atoms with E-state index in [2.05, 4.69) is 40.0 Å². The molecule has 3 aliphatic rings. The fraction of sp³-hybridized carbons (Fsp3) is 0.381. The second kappa shape index (κ2) is 18.2. The molecule has 19 heteroatoms. The highest BCUT2D eigenvalue weighted by atomic mass is 35.5. The van der Waals surface area contributed by atoms with Crippen molar-refractivity contribution in [2.24, 2.45) is 10.7 Å². The number of imide groups is 2. The second-order valence-electron chi connectivity index (χ2n) is 15.0. The fourth-order valence-electron chi connectivity index (χ4n) is 7.75. The van der Waals surface area contributed by atoms with Crippen LogP contribution in [-0.2, 0) is 30.5 Å². The Morgan fingerprint density at radius 3 is 2.41 bits per heavy atom. The Kier molecular flexibility index (Phi) is 12.9. The van der Waals surface area contributed by atoms with E-state index in [1.165, 1.54) is 6.07 Å². The van der Waals surface area contributed by atoms with Crippen molar-refractivity contribution >= 4 is 70.0 Å². The van der Waals surface area contributed by atoms with Gasteiger partial charge in [0.25, 0.3) is 17.7 Å². The van der Waals surface area contributed by atoms with Crippen molar-refractivity contribution in [2.75, 3.05) is 19.8 Å². The van der Waals surface area contributed by atoms with Crippen LogP contribution in [-0.4, -0.2) is 97.4 Å². The first-order chi connectivity index (χ1) is 29.3. The number of rotatable bonds is 15. The topological polar surface area (TPSA) is 231 Å². The maximum atomic E-state index is 13.7. The standard InChI is InChI=1S/C42H45ClN10O7S/c1-22-23(2)61-42-35(22)37(25-11-13-27(43)14-12-25)48-29(38-50-49-24(3)52(38)42)18-32(55)45-17-6-4-5-10-31(54)46-20-26-8-7-9-28-36(26)41(60)53(39(28)58)30-15-16-34(57)51(40(30)59)21-47-33(56)19-44/h7-9,11-14,29-30H,4-6,10,15-21,44H2,1-3H3,(H,45,55)(H,46,54)(H,47,56)/t29-,30?/m0/s1. The van der Waals surface area contributed by atoms with Gasteiger partial charge in [-0.25, -0.2) is 0 Å². The van der Waals surface area contributed by atoms with E-state index in [9.17, 15) is 33.6 Å². The molecule has 5 N–H and O–H groups in total. The van der Waals surface area contributed by atoms with Gasteiger partial charge in [-0.3, -0.25) is 52.9 Å². The van der Waals surface area contributed by atoms with Crippen molar-refractivity contribution in [1.29, 1.82) is 0 Å². The SMILES string of the molecule is Cc1sc2c(c1C)C(c1ccc(Cl)cc1)=N[C@@H](CC(=O)NCCCCCC(=O)NCc1cccc3c1C(=O)N(C1CCC(=O)N(CNC(=O)CN)C1=O)C3=O)c1nnc(C)n1-2. The normalized spacial score (nSPS) is 17.1. The fourth-order valence-corrected chi connectivity index (χ4v) is 9.09. The number of aryl methyl sites for hydroxylation is 2. The van der Waals surface area contributed by atoms with Gasteiger partial charge < -0.3 is 21.7 Å². The lowest BCUT2D eigenvalue weighted by Gasteiger charge is -2.34. The van der Waals surface area contributed by atoms with E-state index in [1.807, 2.05) is 35.8 Å². The molecule has 0 saturated carbocycles. The molecule has 1 saturated heterocycles. The Hall–Kier alpha value is -6.11. The number of hydrogen-bond donors (Lipinski definition) is 4. The van der Waals surface area contributed by atoms with Gasteiger partial charge in [-0.15, -0.1) is 21.5 Å².